The lowest BCUT2D eigenvalue weighted by Crippen LogP contribution is -2.55. The number of hydrogen-bond acceptors (Lipinski definition) is 3. The van der Waals surface area contributed by atoms with Crippen LogP contribution in [0.25, 0.3) is 16.7 Å². The van der Waals surface area contributed by atoms with Crippen molar-refractivity contribution < 1.29 is 0 Å². The molecule has 3 aliphatic rings. The fourth-order valence-electron chi connectivity index (χ4n) is 4.40. The molecule has 4 nitrogen and oxygen atoms in total. The van der Waals surface area contributed by atoms with Crippen molar-refractivity contribution in [2.45, 2.75) is 38.1 Å². The number of nitrogens with zero attached hydrogens (tertiary/aromatic N) is 4. The summed E-state index contributed by atoms with van der Waals surface area (Å²) in [7, 11) is 0. The predicted molar refractivity (Wildman–Crippen MR) is 101 cm³/mol. The third-order valence-corrected chi connectivity index (χ3v) is 5.79. The lowest BCUT2D eigenvalue weighted by Gasteiger charge is -2.56. The maximum atomic E-state index is 4.65. The van der Waals surface area contributed by atoms with Gasteiger partial charge in [0.1, 0.15) is 0 Å². The van der Waals surface area contributed by atoms with Gasteiger partial charge in [-0.25, -0.2) is 0 Å². The van der Waals surface area contributed by atoms with Crippen molar-refractivity contribution in [2.75, 3.05) is 5.01 Å². The Morgan fingerprint density at radius 3 is 2.88 bits per heavy atom. The number of benzene rings is 1. The van der Waals surface area contributed by atoms with Gasteiger partial charge < -0.3 is 5.43 Å². The molecule has 0 N–H and O–H groups in total. The fraction of sp³-hybridized carbons (Fsp3) is 0.286. The first kappa shape index (κ1) is 14.7. The van der Waals surface area contributed by atoms with Crippen LogP contribution in [0.15, 0.2) is 66.6 Å². The molecule has 2 aliphatic heterocycles. The maximum absolute atomic E-state index is 4.65. The van der Waals surface area contributed by atoms with Crippen molar-refractivity contribution in [1.29, 1.82) is 0 Å². The molecule has 0 spiro atoms. The molecule has 5 rings (SSSR count). The molecule has 0 bridgehead atoms. The highest BCUT2D eigenvalue weighted by atomic mass is 15.8. The molecular formula is C21H21N4-. The Hall–Kier alpha value is -2.59. The van der Waals surface area contributed by atoms with Crippen LogP contribution in [0.1, 0.15) is 32.3 Å². The van der Waals surface area contributed by atoms with E-state index in [1.807, 2.05) is 24.5 Å². The maximum Gasteiger partial charge on any atom is 0.0702 e. The van der Waals surface area contributed by atoms with Gasteiger partial charge in [0.05, 0.1) is 11.4 Å². The summed E-state index contributed by atoms with van der Waals surface area (Å²) in [5, 5.41) is 4.35. The van der Waals surface area contributed by atoms with E-state index in [0.717, 1.165) is 24.1 Å². The Morgan fingerprint density at radius 1 is 1.28 bits per heavy atom. The zero-order valence-corrected chi connectivity index (χ0v) is 14.6. The second kappa shape index (κ2) is 5.20. The third-order valence-electron chi connectivity index (χ3n) is 5.79. The first-order valence-corrected chi connectivity index (χ1v) is 8.94. The number of allylic oxidation sites excluding steroid dienone is 1. The van der Waals surface area contributed by atoms with E-state index in [9.17, 15) is 0 Å². The molecule has 2 aromatic rings. The first-order valence-electron chi connectivity index (χ1n) is 8.94. The summed E-state index contributed by atoms with van der Waals surface area (Å²) in [6, 6.07) is 13.1. The fourth-order valence-corrected chi connectivity index (χ4v) is 4.40. The highest BCUT2D eigenvalue weighted by molar-refractivity contribution is 5.73. The van der Waals surface area contributed by atoms with Crippen LogP contribution in [0.4, 0.5) is 5.69 Å². The van der Waals surface area contributed by atoms with Crippen LogP contribution in [0.5, 0.6) is 0 Å². The van der Waals surface area contributed by atoms with Gasteiger partial charge >= 0.3 is 0 Å². The van der Waals surface area contributed by atoms with Gasteiger partial charge in [-0.2, -0.15) is 0 Å². The van der Waals surface area contributed by atoms with Crippen molar-refractivity contribution in [3.05, 3.63) is 77.6 Å². The normalized spacial score (nSPS) is 26.7. The quantitative estimate of drug-likeness (QED) is 0.749. The van der Waals surface area contributed by atoms with Crippen molar-refractivity contribution in [3.63, 3.8) is 0 Å². The van der Waals surface area contributed by atoms with Crippen LogP contribution in [0.3, 0.4) is 0 Å². The molecule has 0 fully saturated rings. The molecule has 4 heteroatoms. The van der Waals surface area contributed by atoms with Gasteiger partial charge in [0, 0.05) is 23.2 Å². The topological polar surface area (TPSA) is 33.5 Å². The molecule has 126 valence electrons. The lowest BCUT2D eigenvalue weighted by atomic mass is 9.70. The van der Waals surface area contributed by atoms with Crippen molar-refractivity contribution in [3.8, 4) is 11.3 Å². The minimum Gasteiger partial charge on any atom is -0.605 e. The molecular weight excluding hydrogens is 308 g/mol. The zero-order chi connectivity index (χ0) is 17.0. The molecule has 1 aliphatic carbocycles. The van der Waals surface area contributed by atoms with Gasteiger partial charge in [0.25, 0.3) is 0 Å². The number of hydrogen-bond donors (Lipinski definition) is 0. The first-order chi connectivity index (χ1) is 12.2. The molecule has 3 heterocycles. The van der Waals surface area contributed by atoms with E-state index in [0.29, 0.717) is 6.04 Å². The second-order valence-corrected chi connectivity index (χ2v) is 7.09. The number of aromatic nitrogens is 1. The number of pyridine rings is 1. The lowest BCUT2D eigenvalue weighted by molar-refractivity contribution is 0.176. The summed E-state index contributed by atoms with van der Waals surface area (Å²) in [4.78, 5) is 4.51. The van der Waals surface area contributed by atoms with Crippen LogP contribution in [-0.4, -0.2) is 16.1 Å². The summed E-state index contributed by atoms with van der Waals surface area (Å²) in [6.45, 7) is 4.63. The van der Waals surface area contributed by atoms with E-state index >= 15 is 0 Å². The standard InChI is InChI=1S/C21H21N4/c1-3-20-21(2,16-8-9-16)17-10-7-15(18-6-4-5-11-22-18)14-19(17)24-13-12-23-25(20)24/h4-8,10-14,20H,3,9H2,1-2H3/q-1. The van der Waals surface area contributed by atoms with Gasteiger partial charge in [0.2, 0.25) is 0 Å². The minimum atomic E-state index is 0.0126. The summed E-state index contributed by atoms with van der Waals surface area (Å²) in [6.07, 6.45) is 10.3. The van der Waals surface area contributed by atoms with E-state index in [1.165, 1.54) is 16.8 Å². The molecule has 0 radical (unpaired) electrons. The van der Waals surface area contributed by atoms with Crippen molar-refractivity contribution in [1.82, 2.24) is 10.1 Å². The highest BCUT2D eigenvalue weighted by Gasteiger charge is 2.48. The van der Waals surface area contributed by atoms with Crippen molar-refractivity contribution in [2.24, 2.45) is 0 Å². The SMILES string of the molecule is CCC1N2[N-]C=CN2c2cc(-c3ccccn3)ccc2C1(C)C1=CC1. The van der Waals surface area contributed by atoms with E-state index < -0.39 is 0 Å². The molecule has 25 heavy (non-hydrogen) atoms. The summed E-state index contributed by atoms with van der Waals surface area (Å²) in [5.41, 5.74) is 10.9. The monoisotopic (exact) mass is 329 g/mol. The van der Waals surface area contributed by atoms with Crippen LogP contribution < -0.4 is 5.01 Å². The number of rotatable bonds is 3. The molecule has 1 aromatic heterocycles. The molecule has 0 saturated carbocycles. The van der Waals surface area contributed by atoms with Gasteiger partial charge in [0.15, 0.2) is 0 Å². The van der Waals surface area contributed by atoms with Gasteiger partial charge in [-0.15, -0.1) is 6.20 Å². The second-order valence-electron chi connectivity index (χ2n) is 7.09. The number of hydrazine groups is 1. The Morgan fingerprint density at radius 2 is 2.16 bits per heavy atom. The number of anilines is 1. The Bertz CT molecular complexity index is 886. The summed E-state index contributed by atoms with van der Waals surface area (Å²) in [5.74, 6) is 0. The Balaban J connectivity index is 1.71. The van der Waals surface area contributed by atoms with Crippen LogP contribution in [0.2, 0.25) is 0 Å². The zero-order valence-electron chi connectivity index (χ0n) is 14.6. The predicted octanol–water partition coefficient (Wildman–Crippen LogP) is 4.93. The minimum absolute atomic E-state index is 0.0126. The third kappa shape index (κ3) is 2.01. The van der Waals surface area contributed by atoms with E-state index in [4.69, 9.17) is 0 Å². The van der Waals surface area contributed by atoms with Crippen molar-refractivity contribution >= 4 is 5.69 Å². The van der Waals surface area contributed by atoms with E-state index in [1.54, 1.807) is 0 Å². The molecule has 1 aromatic carbocycles. The Labute approximate surface area is 148 Å². The summed E-state index contributed by atoms with van der Waals surface area (Å²) >= 11 is 0. The Kier molecular flexibility index (Phi) is 3.06. The van der Waals surface area contributed by atoms with Gasteiger partial charge in [-0.05, 0) is 42.8 Å². The van der Waals surface area contributed by atoms with Gasteiger partial charge in [-0.3, -0.25) is 15.1 Å². The van der Waals surface area contributed by atoms with E-state index in [-0.39, 0.29) is 5.41 Å². The summed E-state index contributed by atoms with van der Waals surface area (Å²) < 4.78 is 0. The molecule has 0 saturated heterocycles. The van der Waals surface area contributed by atoms with Gasteiger partial charge in [-0.1, -0.05) is 43.7 Å². The smallest absolute Gasteiger partial charge is 0.0702 e. The van der Waals surface area contributed by atoms with Crippen LogP contribution in [0, 0.1) is 0 Å². The van der Waals surface area contributed by atoms with Crippen LogP contribution in [-0.2, 0) is 5.41 Å². The molecule has 2 unspecified atom stereocenters. The van der Waals surface area contributed by atoms with Crippen LogP contribution >= 0.6 is 0 Å². The molecule has 2 atom stereocenters. The number of fused-ring (bicyclic) bond motifs is 3. The molecule has 0 amide bonds. The average Bonchev–Trinajstić information content (AvgIpc) is 3.41. The average molecular weight is 329 g/mol. The van der Waals surface area contributed by atoms with E-state index in [2.05, 4.69) is 70.9 Å². The largest absolute Gasteiger partial charge is 0.605 e. The highest BCUT2D eigenvalue weighted by Crippen LogP contribution is 2.54.